The van der Waals surface area contributed by atoms with Crippen molar-refractivity contribution in [1.82, 2.24) is 4.98 Å². The van der Waals surface area contributed by atoms with Gasteiger partial charge in [0.05, 0.1) is 10.9 Å². The van der Waals surface area contributed by atoms with E-state index in [1.807, 2.05) is 13.0 Å². The van der Waals surface area contributed by atoms with Crippen LogP contribution in [-0.2, 0) is 0 Å². The van der Waals surface area contributed by atoms with Crippen LogP contribution >= 0.6 is 0 Å². The third-order valence-corrected chi connectivity index (χ3v) is 2.06. The molecule has 0 fully saturated rings. The van der Waals surface area contributed by atoms with Gasteiger partial charge in [-0.05, 0) is 24.6 Å². The molecule has 2 rings (SSSR count). The van der Waals surface area contributed by atoms with Gasteiger partial charge in [0, 0.05) is 0 Å². The van der Waals surface area contributed by atoms with Gasteiger partial charge in [0.25, 0.3) is 0 Å². The van der Waals surface area contributed by atoms with E-state index in [9.17, 15) is 4.79 Å². The molecule has 0 bridgehead atoms. The molecular weight excluding hydrogens is 178 g/mol. The van der Waals surface area contributed by atoms with E-state index in [1.54, 1.807) is 12.1 Å². The van der Waals surface area contributed by atoms with Gasteiger partial charge in [-0.3, -0.25) is 0 Å². The van der Waals surface area contributed by atoms with E-state index in [0.717, 1.165) is 17.5 Å². The molecule has 0 aliphatic carbocycles. The average molecular weight is 187 g/mol. The topological polar surface area (TPSA) is 43.1 Å². The second kappa shape index (κ2) is 3.10. The predicted octanol–water partition coefficient (Wildman–Crippen LogP) is 2.22. The van der Waals surface area contributed by atoms with E-state index in [4.69, 9.17) is 0 Å². The first-order chi connectivity index (χ1) is 6.68. The van der Waals surface area contributed by atoms with Gasteiger partial charge >= 0.3 is 5.63 Å². The Kier molecular flexibility index (Phi) is 1.93. The number of allylic oxidation sites excluding steroid dienone is 1. The van der Waals surface area contributed by atoms with Crippen molar-refractivity contribution in [1.29, 1.82) is 0 Å². The summed E-state index contributed by atoms with van der Waals surface area (Å²) in [6.45, 7) is 5.70. The van der Waals surface area contributed by atoms with E-state index in [-0.39, 0.29) is 5.63 Å². The Morgan fingerprint density at radius 1 is 1.50 bits per heavy atom. The Balaban J connectivity index is 2.83. The third kappa shape index (κ3) is 1.33. The van der Waals surface area contributed by atoms with E-state index in [2.05, 4.69) is 16.0 Å². The summed E-state index contributed by atoms with van der Waals surface area (Å²) in [4.78, 5) is 15.3. The summed E-state index contributed by atoms with van der Waals surface area (Å²) in [7, 11) is 0. The maximum absolute atomic E-state index is 11.3. The summed E-state index contributed by atoms with van der Waals surface area (Å²) < 4.78 is 4.68. The second-order valence-corrected chi connectivity index (χ2v) is 3.15. The van der Waals surface area contributed by atoms with Crippen molar-refractivity contribution < 1.29 is 4.42 Å². The molecule has 0 atom stereocenters. The monoisotopic (exact) mass is 187 g/mol. The van der Waals surface area contributed by atoms with E-state index >= 15 is 0 Å². The number of nitrogens with zero attached hydrogens (tertiary/aromatic N) is 1. The lowest BCUT2D eigenvalue weighted by molar-refractivity contribution is 0.501. The minimum absolute atomic E-state index is 0.363. The zero-order chi connectivity index (χ0) is 10.1. The van der Waals surface area contributed by atoms with E-state index < -0.39 is 0 Å². The number of aromatic nitrogens is 1. The molecule has 0 aliphatic rings. The fourth-order valence-corrected chi connectivity index (χ4v) is 1.27. The van der Waals surface area contributed by atoms with Gasteiger partial charge in [-0.15, -0.1) is 0 Å². The molecule has 0 radical (unpaired) electrons. The molecule has 0 saturated carbocycles. The highest BCUT2D eigenvalue weighted by Crippen LogP contribution is 2.15. The van der Waals surface area contributed by atoms with Crippen LogP contribution in [0.1, 0.15) is 12.5 Å². The molecule has 0 amide bonds. The van der Waals surface area contributed by atoms with Crippen molar-refractivity contribution in [2.75, 3.05) is 0 Å². The van der Waals surface area contributed by atoms with Gasteiger partial charge in [0.2, 0.25) is 0 Å². The second-order valence-electron chi connectivity index (χ2n) is 3.15. The first-order valence-corrected chi connectivity index (χ1v) is 4.22. The Bertz CT molecular complexity index is 554. The summed E-state index contributed by atoms with van der Waals surface area (Å²) in [6, 6.07) is 5.42. The molecule has 3 nitrogen and oxygen atoms in total. The van der Waals surface area contributed by atoms with Crippen LogP contribution in [0.25, 0.3) is 16.5 Å². The molecule has 1 aromatic carbocycles. The van der Waals surface area contributed by atoms with Gasteiger partial charge in [0.15, 0.2) is 6.39 Å². The minimum Gasteiger partial charge on any atom is -0.411 e. The standard InChI is InChI=1S/C11H9NO2/c1-7(2)8-3-4-10-9(5-8)11(13)14-6-12-10/h3-6H,1H2,2H3. The molecule has 0 N–H and O–H groups in total. The lowest BCUT2D eigenvalue weighted by Gasteiger charge is -2.00. The largest absolute Gasteiger partial charge is 0.411 e. The van der Waals surface area contributed by atoms with Crippen LogP contribution in [0, 0.1) is 0 Å². The summed E-state index contributed by atoms with van der Waals surface area (Å²) in [6.07, 6.45) is 1.16. The lowest BCUT2D eigenvalue weighted by atomic mass is 10.1. The summed E-state index contributed by atoms with van der Waals surface area (Å²) in [5.74, 6) is 0. The molecule has 70 valence electrons. The number of benzene rings is 1. The number of hydrogen-bond donors (Lipinski definition) is 0. The maximum atomic E-state index is 11.3. The molecule has 1 heterocycles. The number of fused-ring (bicyclic) bond motifs is 1. The van der Waals surface area contributed by atoms with Crippen LogP contribution in [0.5, 0.6) is 0 Å². The maximum Gasteiger partial charge on any atom is 0.346 e. The Hall–Kier alpha value is -1.90. The fraction of sp³-hybridized carbons (Fsp3) is 0.0909. The van der Waals surface area contributed by atoms with Gasteiger partial charge in [-0.1, -0.05) is 18.2 Å². The van der Waals surface area contributed by atoms with Crippen molar-refractivity contribution in [3.63, 3.8) is 0 Å². The lowest BCUT2D eigenvalue weighted by Crippen LogP contribution is -2.00. The summed E-state index contributed by atoms with van der Waals surface area (Å²) in [5.41, 5.74) is 2.12. The quantitative estimate of drug-likeness (QED) is 0.687. The molecule has 1 aromatic heterocycles. The molecular formula is C11H9NO2. The van der Waals surface area contributed by atoms with Crippen molar-refractivity contribution in [3.05, 3.63) is 47.2 Å². The Morgan fingerprint density at radius 2 is 2.29 bits per heavy atom. The third-order valence-electron chi connectivity index (χ3n) is 2.06. The average Bonchev–Trinajstić information content (AvgIpc) is 2.18. The number of rotatable bonds is 1. The highest BCUT2D eigenvalue weighted by molar-refractivity contribution is 5.81. The van der Waals surface area contributed by atoms with Crippen LogP contribution in [0.15, 0.2) is 40.4 Å². The van der Waals surface area contributed by atoms with Crippen LogP contribution < -0.4 is 5.63 Å². The normalized spacial score (nSPS) is 10.4. The van der Waals surface area contributed by atoms with E-state index in [1.165, 1.54) is 0 Å². The summed E-state index contributed by atoms with van der Waals surface area (Å²) >= 11 is 0. The highest BCUT2D eigenvalue weighted by Gasteiger charge is 2.02. The smallest absolute Gasteiger partial charge is 0.346 e. The molecule has 0 unspecified atom stereocenters. The number of hydrogen-bond acceptors (Lipinski definition) is 3. The first-order valence-electron chi connectivity index (χ1n) is 4.22. The van der Waals surface area contributed by atoms with Gasteiger partial charge in [0.1, 0.15) is 0 Å². The van der Waals surface area contributed by atoms with Gasteiger partial charge in [-0.25, -0.2) is 9.78 Å². The van der Waals surface area contributed by atoms with Crippen LogP contribution in [0.4, 0.5) is 0 Å². The minimum atomic E-state index is -0.363. The molecule has 2 aromatic rings. The SMILES string of the molecule is C=C(C)c1ccc2ncoc(=O)c2c1. The zero-order valence-corrected chi connectivity index (χ0v) is 7.78. The van der Waals surface area contributed by atoms with Gasteiger partial charge in [-0.2, -0.15) is 0 Å². The molecule has 3 heteroatoms. The molecule has 0 aliphatic heterocycles. The fourth-order valence-electron chi connectivity index (χ4n) is 1.27. The predicted molar refractivity (Wildman–Crippen MR) is 55.0 cm³/mol. The van der Waals surface area contributed by atoms with Crippen molar-refractivity contribution >= 4 is 16.5 Å². The van der Waals surface area contributed by atoms with Crippen molar-refractivity contribution in [2.24, 2.45) is 0 Å². The molecule has 0 saturated heterocycles. The molecule has 0 spiro atoms. The molecule has 14 heavy (non-hydrogen) atoms. The van der Waals surface area contributed by atoms with Gasteiger partial charge < -0.3 is 4.42 Å². The van der Waals surface area contributed by atoms with Crippen LogP contribution in [-0.4, -0.2) is 4.98 Å². The van der Waals surface area contributed by atoms with Crippen molar-refractivity contribution in [2.45, 2.75) is 6.92 Å². The zero-order valence-electron chi connectivity index (χ0n) is 7.78. The van der Waals surface area contributed by atoms with E-state index in [0.29, 0.717) is 10.9 Å². The van der Waals surface area contributed by atoms with Crippen LogP contribution in [0.2, 0.25) is 0 Å². The Morgan fingerprint density at radius 3 is 3.00 bits per heavy atom. The van der Waals surface area contributed by atoms with Crippen molar-refractivity contribution in [3.8, 4) is 0 Å². The highest BCUT2D eigenvalue weighted by atomic mass is 16.4. The Labute approximate surface area is 80.7 Å². The summed E-state index contributed by atoms with van der Waals surface area (Å²) in [5, 5.41) is 0.494. The van der Waals surface area contributed by atoms with Crippen LogP contribution in [0.3, 0.4) is 0 Å². The first kappa shape index (κ1) is 8.69.